The van der Waals surface area contributed by atoms with Gasteiger partial charge >= 0.3 is 6.61 Å². The van der Waals surface area contributed by atoms with Crippen LogP contribution in [0.4, 0.5) is 14.5 Å². The molecule has 0 fully saturated rings. The Morgan fingerprint density at radius 2 is 2.05 bits per heavy atom. The van der Waals surface area contributed by atoms with Gasteiger partial charge in [0.15, 0.2) is 0 Å². The molecule has 0 spiro atoms. The Balaban J connectivity index is 2.23. The lowest BCUT2D eigenvalue weighted by molar-refractivity contribution is -0.0501. The van der Waals surface area contributed by atoms with Crippen LogP contribution < -0.4 is 10.1 Å². The number of rotatable bonds is 4. The lowest BCUT2D eigenvalue weighted by atomic mass is 10.2. The molecule has 1 heterocycles. The minimum Gasteiger partial charge on any atom is -0.434 e. The number of benzene rings is 1. The van der Waals surface area contributed by atoms with Gasteiger partial charge in [0.25, 0.3) is 5.91 Å². The molecule has 0 atom stereocenters. The van der Waals surface area contributed by atoms with Crippen molar-refractivity contribution >= 4 is 27.5 Å². The number of ether oxygens (including phenoxy) is 1. The zero-order chi connectivity index (χ0) is 14.5. The number of para-hydroxylation sites is 1. The molecule has 7 heteroatoms. The lowest BCUT2D eigenvalue weighted by Crippen LogP contribution is -2.15. The summed E-state index contributed by atoms with van der Waals surface area (Å²) in [5.74, 6) is -0.724. The SMILES string of the molecule is O=C(Nc1ccncc1Br)c1ccccc1OC(F)F. The van der Waals surface area contributed by atoms with Gasteiger partial charge in [-0.25, -0.2) is 0 Å². The Morgan fingerprint density at radius 3 is 2.75 bits per heavy atom. The van der Waals surface area contributed by atoms with Gasteiger partial charge in [-0.1, -0.05) is 12.1 Å². The van der Waals surface area contributed by atoms with Crippen molar-refractivity contribution in [3.05, 3.63) is 52.8 Å². The summed E-state index contributed by atoms with van der Waals surface area (Å²) in [6.07, 6.45) is 3.01. The Hall–Kier alpha value is -2.02. The van der Waals surface area contributed by atoms with E-state index in [9.17, 15) is 13.6 Å². The number of pyridine rings is 1. The number of carbonyl (C=O) groups excluding carboxylic acids is 1. The second kappa shape index (κ2) is 6.42. The second-order valence-corrected chi connectivity index (χ2v) is 4.54. The number of alkyl halides is 2. The van der Waals surface area contributed by atoms with E-state index in [-0.39, 0.29) is 11.3 Å². The molecule has 0 radical (unpaired) electrons. The van der Waals surface area contributed by atoms with E-state index >= 15 is 0 Å². The van der Waals surface area contributed by atoms with Crippen LogP contribution in [0.1, 0.15) is 10.4 Å². The molecule has 20 heavy (non-hydrogen) atoms. The molecule has 1 amide bonds. The first-order valence-electron chi connectivity index (χ1n) is 5.52. The van der Waals surface area contributed by atoms with E-state index in [1.54, 1.807) is 12.1 Å². The van der Waals surface area contributed by atoms with Crippen LogP contribution in [-0.2, 0) is 0 Å². The fourth-order valence-corrected chi connectivity index (χ4v) is 1.87. The minimum absolute atomic E-state index is 0.0245. The second-order valence-electron chi connectivity index (χ2n) is 3.68. The molecule has 2 rings (SSSR count). The third-order valence-corrected chi connectivity index (χ3v) is 3.00. The highest BCUT2D eigenvalue weighted by Crippen LogP contribution is 2.24. The van der Waals surface area contributed by atoms with E-state index in [0.29, 0.717) is 10.2 Å². The average molecular weight is 343 g/mol. The third kappa shape index (κ3) is 3.51. The summed E-state index contributed by atoms with van der Waals surface area (Å²) in [4.78, 5) is 16.0. The van der Waals surface area contributed by atoms with Crippen LogP contribution in [-0.4, -0.2) is 17.5 Å². The zero-order valence-electron chi connectivity index (χ0n) is 10.0. The fourth-order valence-electron chi connectivity index (χ4n) is 1.52. The maximum absolute atomic E-state index is 12.3. The summed E-state index contributed by atoms with van der Waals surface area (Å²) in [6, 6.07) is 7.37. The first kappa shape index (κ1) is 14.4. The molecular formula is C13H9BrF2N2O2. The average Bonchev–Trinajstić information content (AvgIpc) is 2.41. The number of carbonyl (C=O) groups is 1. The lowest BCUT2D eigenvalue weighted by Gasteiger charge is -2.11. The van der Waals surface area contributed by atoms with Crippen molar-refractivity contribution in [1.29, 1.82) is 0 Å². The molecule has 0 bridgehead atoms. The van der Waals surface area contributed by atoms with Crippen molar-refractivity contribution in [1.82, 2.24) is 4.98 Å². The van der Waals surface area contributed by atoms with E-state index in [4.69, 9.17) is 0 Å². The van der Waals surface area contributed by atoms with Crippen LogP contribution in [0.25, 0.3) is 0 Å². The van der Waals surface area contributed by atoms with E-state index < -0.39 is 12.5 Å². The summed E-state index contributed by atoms with van der Waals surface area (Å²) in [6.45, 7) is -2.99. The number of hydrogen-bond donors (Lipinski definition) is 1. The number of hydrogen-bond acceptors (Lipinski definition) is 3. The third-order valence-electron chi connectivity index (χ3n) is 2.37. The quantitative estimate of drug-likeness (QED) is 0.921. The van der Waals surface area contributed by atoms with Crippen molar-refractivity contribution in [2.75, 3.05) is 5.32 Å². The Labute approximate surface area is 121 Å². The summed E-state index contributed by atoms with van der Waals surface area (Å²) >= 11 is 3.23. The van der Waals surface area contributed by atoms with Gasteiger partial charge in [-0.2, -0.15) is 8.78 Å². The van der Waals surface area contributed by atoms with Gasteiger partial charge in [-0.15, -0.1) is 0 Å². The largest absolute Gasteiger partial charge is 0.434 e. The molecule has 104 valence electrons. The van der Waals surface area contributed by atoms with Gasteiger partial charge in [0.1, 0.15) is 5.75 Å². The molecule has 4 nitrogen and oxygen atoms in total. The topological polar surface area (TPSA) is 51.2 Å². The predicted molar refractivity (Wildman–Crippen MR) is 73.0 cm³/mol. The number of halogens is 3. The van der Waals surface area contributed by atoms with E-state index in [2.05, 4.69) is 31.0 Å². The van der Waals surface area contributed by atoms with Crippen molar-refractivity contribution in [3.8, 4) is 5.75 Å². The van der Waals surface area contributed by atoms with Gasteiger partial charge in [-0.05, 0) is 34.1 Å². The predicted octanol–water partition coefficient (Wildman–Crippen LogP) is 3.70. The number of amides is 1. The molecule has 0 saturated carbocycles. The van der Waals surface area contributed by atoms with Crippen LogP contribution in [0.5, 0.6) is 5.75 Å². The van der Waals surface area contributed by atoms with E-state index in [0.717, 1.165) is 0 Å². The minimum atomic E-state index is -2.99. The standard InChI is InChI=1S/C13H9BrF2N2O2/c14-9-7-17-6-5-10(9)18-12(19)8-3-1-2-4-11(8)20-13(15)16/h1-7,13H,(H,17,18,19). The molecule has 1 aromatic heterocycles. The monoisotopic (exact) mass is 342 g/mol. The maximum Gasteiger partial charge on any atom is 0.387 e. The summed E-state index contributed by atoms with van der Waals surface area (Å²) < 4.78 is 29.5. The Morgan fingerprint density at radius 1 is 1.30 bits per heavy atom. The molecule has 0 aliphatic heterocycles. The fraction of sp³-hybridized carbons (Fsp3) is 0.0769. The molecule has 0 unspecified atom stereocenters. The van der Waals surface area contributed by atoms with Gasteiger partial charge in [0.2, 0.25) is 0 Å². The van der Waals surface area contributed by atoms with Gasteiger partial charge in [0, 0.05) is 12.4 Å². The molecule has 0 aliphatic carbocycles. The highest BCUT2D eigenvalue weighted by Gasteiger charge is 2.16. The molecule has 2 aromatic rings. The summed E-state index contributed by atoms with van der Waals surface area (Å²) in [7, 11) is 0. The van der Waals surface area contributed by atoms with Crippen molar-refractivity contribution in [2.45, 2.75) is 6.61 Å². The maximum atomic E-state index is 12.3. The molecule has 1 N–H and O–H groups in total. The van der Waals surface area contributed by atoms with Crippen LogP contribution in [0, 0.1) is 0 Å². The van der Waals surface area contributed by atoms with E-state index in [1.165, 1.54) is 30.6 Å². The van der Waals surface area contributed by atoms with E-state index in [1.807, 2.05) is 0 Å². The summed E-state index contributed by atoms with van der Waals surface area (Å²) in [5.41, 5.74) is 0.508. The number of anilines is 1. The number of nitrogens with zero attached hydrogens (tertiary/aromatic N) is 1. The number of aromatic nitrogens is 1. The van der Waals surface area contributed by atoms with Crippen LogP contribution in [0.2, 0.25) is 0 Å². The molecule has 0 aliphatic rings. The van der Waals surface area contributed by atoms with Crippen LogP contribution in [0.15, 0.2) is 47.2 Å². The van der Waals surface area contributed by atoms with Gasteiger partial charge in [-0.3, -0.25) is 9.78 Å². The smallest absolute Gasteiger partial charge is 0.387 e. The van der Waals surface area contributed by atoms with Crippen LogP contribution >= 0.6 is 15.9 Å². The molecule has 0 saturated heterocycles. The first-order valence-corrected chi connectivity index (χ1v) is 6.32. The van der Waals surface area contributed by atoms with Crippen molar-refractivity contribution < 1.29 is 18.3 Å². The van der Waals surface area contributed by atoms with Crippen molar-refractivity contribution in [2.24, 2.45) is 0 Å². The van der Waals surface area contributed by atoms with Crippen molar-refractivity contribution in [3.63, 3.8) is 0 Å². The molecular weight excluding hydrogens is 334 g/mol. The van der Waals surface area contributed by atoms with Gasteiger partial charge < -0.3 is 10.1 Å². The number of nitrogens with one attached hydrogen (secondary N) is 1. The highest BCUT2D eigenvalue weighted by molar-refractivity contribution is 9.10. The Bertz CT molecular complexity index is 623. The molecule has 1 aromatic carbocycles. The highest BCUT2D eigenvalue weighted by atomic mass is 79.9. The Kier molecular flexibility index (Phi) is 4.62. The van der Waals surface area contributed by atoms with Gasteiger partial charge in [0.05, 0.1) is 15.7 Å². The summed E-state index contributed by atoms with van der Waals surface area (Å²) in [5, 5.41) is 2.59. The van der Waals surface area contributed by atoms with Crippen LogP contribution in [0.3, 0.4) is 0 Å². The zero-order valence-corrected chi connectivity index (χ0v) is 11.6. The first-order chi connectivity index (χ1) is 9.58. The normalized spacial score (nSPS) is 10.4.